The number of hydrogen-bond acceptors (Lipinski definition) is 5. The van der Waals surface area contributed by atoms with Crippen LogP contribution in [0.3, 0.4) is 0 Å². The van der Waals surface area contributed by atoms with Crippen LogP contribution in [0.5, 0.6) is 0 Å². The molecule has 0 radical (unpaired) electrons. The lowest BCUT2D eigenvalue weighted by Crippen LogP contribution is -2.27. The van der Waals surface area contributed by atoms with Gasteiger partial charge in [-0.15, -0.1) is 5.10 Å². The molecule has 0 aliphatic carbocycles. The van der Waals surface area contributed by atoms with Gasteiger partial charge in [0.25, 0.3) is 0 Å². The van der Waals surface area contributed by atoms with Gasteiger partial charge in [-0.25, -0.2) is 9.97 Å². The van der Waals surface area contributed by atoms with Gasteiger partial charge in [0.1, 0.15) is 5.82 Å². The number of hydrogen-bond donors (Lipinski definition) is 1. The van der Waals surface area contributed by atoms with Gasteiger partial charge in [0.05, 0.1) is 11.3 Å². The molecule has 0 aliphatic heterocycles. The number of fused-ring (bicyclic) bond motifs is 3. The molecule has 0 bridgehead atoms. The predicted octanol–water partition coefficient (Wildman–Crippen LogP) is 2.84. The van der Waals surface area contributed by atoms with E-state index >= 15 is 0 Å². The minimum Gasteiger partial charge on any atom is -0.355 e. The van der Waals surface area contributed by atoms with Crippen LogP contribution in [0, 0.1) is 12.8 Å². The van der Waals surface area contributed by atoms with Crippen molar-refractivity contribution in [1.29, 1.82) is 0 Å². The number of rotatable bonds is 6. The lowest BCUT2D eigenvalue weighted by atomic mass is 10.1. The van der Waals surface area contributed by atoms with Gasteiger partial charge in [-0.2, -0.15) is 4.52 Å². The van der Waals surface area contributed by atoms with Gasteiger partial charge in [0, 0.05) is 11.9 Å². The number of amides is 1. The Morgan fingerprint density at radius 3 is 2.88 bits per heavy atom. The normalized spacial score (nSPS) is 11.5. The summed E-state index contributed by atoms with van der Waals surface area (Å²) in [7, 11) is 0. The molecule has 126 valence electrons. The number of carbonyl (C=O) groups is 1. The van der Waals surface area contributed by atoms with Crippen LogP contribution in [-0.4, -0.2) is 37.8 Å². The SMILES string of the molecule is Cc1nc2c3ccccc3nc(SCC(=O)NCCC(C)C)n2n1. The molecule has 3 aromatic rings. The molecule has 1 amide bonds. The van der Waals surface area contributed by atoms with Crippen LogP contribution in [0.25, 0.3) is 16.6 Å². The third-order valence-corrected chi connectivity index (χ3v) is 4.56. The fourth-order valence-corrected chi connectivity index (χ4v) is 3.18. The van der Waals surface area contributed by atoms with Crippen molar-refractivity contribution in [3.63, 3.8) is 0 Å². The Kier molecular flexibility index (Phi) is 4.99. The van der Waals surface area contributed by atoms with Crippen LogP contribution in [-0.2, 0) is 4.79 Å². The number of carbonyl (C=O) groups excluding carboxylic acids is 1. The first-order valence-electron chi connectivity index (χ1n) is 8.06. The average molecular weight is 343 g/mol. The molecule has 2 heterocycles. The van der Waals surface area contributed by atoms with E-state index in [-0.39, 0.29) is 5.91 Å². The smallest absolute Gasteiger partial charge is 0.230 e. The first kappa shape index (κ1) is 16.7. The molecule has 1 aromatic carbocycles. The Bertz CT molecular complexity index is 874. The van der Waals surface area contributed by atoms with Crippen LogP contribution < -0.4 is 5.32 Å². The number of nitrogens with zero attached hydrogens (tertiary/aromatic N) is 4. The van der Waals surface area contributed by atoms with E-state index in [1.807, 2.05) is 31.2 Å². The van der Waals surface area contributed by atoms with E-state index in [1.54, 1.807) is 4.52 Å². The molecular formula is C17H21N5OS. The maximum Gasteiger partial charge on any atom is 0.230 e. The lowest BCUT2D eigenvalue weighted by molar-refractivity contribution is -0.118. The monoisotopic (exact) mass is 343 g/mol. The standard InChI is InChI=1S/C17H21N5OS/c1-11(2)8-9-18-15(23)10-24-17-20-14-7-5-4-6-13(14)16-19-12(3)21-22(16)17/h4-7,11H,8-10H2,1-3H3,(H,18,23). The molecule has 3 rings (SSSR count). The van der Waals surface area contributed by atoms with Crippen LogP contribution in [0.1, 0.15) is 26.1 Å². The maximum absolute atomic E-state index is 12.0. The van der Waals surface area contributed by atoms with Crippen LogP contribution in [0.2, 0.25) is 0 Å². The van der Waals surface area contributed by atoms with Crippen LogP contribution in [0.4, 0.5) is 0 Å². The van der Waals surface area contributed by atoms with E-state index in [4.69, 9.17) is 0 Å². The Morgan fingerprint density at radius 2 is 2.08 bits per heavy atom. The third-order valence-electron chi connectivity index (χ3n) is 3.63. The molecule has 0 atom stereocenters. The fraction of sp³-hybridized carbons (Fsp3) is 0.412. The summed E-state index contributed by atoms with van der Waals surface area (Å²) in [5, 5.41) is 9.00. The zero-order chi connectivity index (χ0) is 17.1. The van der Waals surface area contributed by atoms with Crippen molar-refractivity contribution in [2.75, 3.05) is 12.3 Å². The summed E-state index contributed by atoms with van der Waals surface area (Å²) < 4.78 is 1.73. The average Bonchev–Trinajstić information content (AvgIpc) is 2.94. The highest BCUT2D eigenvalue weighted by Gasteiger charge is 2.13. The summed E-state index contributed by atoms with van der Waals surface area (Å²) in [5.41, 5.74) is 1.64. The number of nitrogens with one attached hydrogen (secondary N) is 1. The van der Waals surface area contributed by atoms with E-state index < -0.39 is 0 Å². The number of benzene rings is 1. The van der Waals surface area contributed by atoms with E-state index in [9.17, 15) is 4.79 Å². The Labute approximate surface area is 145 Å². The first-order chi connectivity index (χ1) is 11.5. The van der Waals surface area contributed by atoms with Gasteiger partial charge in [-0.05, 0) is 31.4 Å². The highest BCUT2D eigenvalue weighted by atomic mass is 32.2. The molecule has 0 saturated heterocycles. The fourth-order valence-electron chi connectivity index (χ4n) is 2.41. The minimum atomic E-state index is 0.0144. The van der Waals surface area contributed by atoms with Gasteiger partial charge in [-0.3, -0.25) is 4.79 Å². The van der Waals surface area contributed by atoms with Crippen molar-refractivity contribution < 1.29 is 4.79 Å². The van der Waals surface area contributed by atoms with Crippen LogP contribution >= 0.6 is 11.8 Å². The second-order valence-electron chi connectivity index (χ2n) is 6.13. The highest BCUT2D eigenvalue weighted by Crippen LogP contribution is 2.23. The predicted molar refractivity (Wildman–Crippen MR) is 96.2 cm³/mol. The first-order valence-corrected chi connectivity index (χ1v) is 9.05. The zero-order valence-electron chi connectivity index (χ0n) is 14.1. The number of thioether (sulfide) groups is 1. The Balaban J connectivity index is 1.79. The van der Waals surface area contributed by atoms with Gasteiger partial charge < -0.3 is 5.32 Å². The molecule has 24 heavy (non-hydrogen) atoms. The van der Waals surface area contributed by atoms with Gasteiger partial charge >= 0.3 is 0 Å². The van der Waals surface area contributed by atoms with E-state index in [1.165, 1.54) is 11.8 Å². The summed E-state index contributed by atoms with van der Waals surface area (Å²) in [5.74, 6) is 1.60. The molecule has 1 N–H and O–H groups in total. The van der Waals surface area contributed by atoms with Crippen molar-refractivity contribution in [3.8, 4) is 0 Å². The van der Waals surface area contributed by atoms with E-state index in [0.29, 0.717) is 29.2 Å². The maximum atomic E-state index is 12.0. The molecule has 7 heteroatoms. The molecule has 6 nitrogen and oxygen atoms in total. The van der Waals surface area contributed by atoms with Crippen molar-refractivity contribution in [1.82, 2.24) is 24.9 Å². The van der Waals surface area contributed by atoms with Crippen molar-refractivity contribution in [2.45, 2.75) is 32.3 Å². The molecule has 0 unspecified atom stereocenters. The van der Waals surface area contributed by atoms with Crippen molar-refractivity contribution in [2.24, 2.45) is 5.92 Å². The third kappa shape index (κ3) is 3.67. The van der Waals surface area contributed by atoms with Crippen molar-refractivity contribution in [3.05, 3.63) is 30.1 Å². The second kappa shape index (κ2) is 7.17. The molecular weight excluding hydrogens is 322 g/mol. The Hall–Kier alpha value is -2.15. The quantitative estimate of drug-likeness (QED) is 0.550. The van der Waals surface area contributed by atoms with Crippen LogP contribution in [0.15, 0.2) is 29.4 Å². The van der Waals surface area contributed by atoms with E-state index in [0.717, 1.165) is 23.0 Å². The topological polar surface area (TPSA) is 72.2 Å². The van der Waals surface area contributed by atoms with Gasteiger partial charge in [0.15, 0.2) is 10.8 Å². The molecule has 0 saturated carbocycles. The summed E-state index contributed by atoms with van der Waals surface area (Å²) in [6.07, 6.45) is 0.983. The summed E-state index contributed by atoms with van der Waals surface area (Å²) >= 11 is 1.38. The largest absolute Gasteiger partial charge is 0.355 e. The van der Waals surface area contributed by atoms with Gasteiger partial charge in [-0.1, -0.05) is 37.7 Å². The number of aromatic nitrogens is 4. The highest BCUT2D eigenvalue weighted by molar-refractivity contribution is 7.99. The molecule has 0 fully saturated rings. The molecule has 2 aromatic heterocycles. The molecule has 0 aliphatic rings. The lowest BCUT2D eigenvalue weighted by Gasteiger charge is -2.08. The second-order valence-corrected chi connectivity index (χ2v) is 7.07. The van der Waals surface area contributed by atoms with Crippen molar-refractivity contribution >= 4 is 34.2 Å². The minimum absolute atomic E-state index is 0.0144. The molecule has 0 spiro atoms. The number of aryl methyl sites for hydroxylation is 1. The number of para-hydroxylation sites is 1. The Morgan fingerprint density at radius 1 is 1.29 bits per heavy atom. The summed E-state index contributed by atoms with van der Waals surface area (Å²) in [6.45, 7) is 6.85. The van der Waals surface area contributed by atoms with E-state index in [2.05, 4.69) is 34.2 Å². The summed E-state index contributed by atoms with van der Waals surface area (Å²) in [6, 6.07) is 7.84. The van der Waals surface area contributed by atoms with Gasteiger partial charge in [0.2, 0.25) is 5.91 Å². The zero-order valence-corrected chi connectivity index (χ0v) is 14.9. The summed E-state index contributed by atoms with van der Waals surface area (Å²) in [4.78, 5) is 21.1.